The highest BCUT2D eigenvalue weighted by Crippen LogP contribution is 2.31. The molecule has 0 atom stereocenters. The number of carbonyl (C=O) groups is 1. The van der Waals surface area contributed by atoms with Gasteiger partial charge in [0.2, 0.25) is 0 Å². The summed E-state index contributed by atoms with van der Waals surface area (Å²) in [4.78, 5) is 28.5. The molecular formula is C20H16F3N4O3-. The number of carbonyl (C=O) groups excluding carboxylic acids is 1. The summed E-state index contributed by atoms with van der Waals surface area (Å²) in [6.45, 7) is 1.69. The molecule has 0 fully saturated rings. The molecule has 0 saturated heterocycles. The van der Waals surface area contributed by atoms with Gasteiger partial charge in [0, 0.05) is 24.7 Å². The number of nitrogens with zero attached hydrogens (tertiary/aromatic N) is 3. The molecule has 10 heteroatoms. The minimum atomic E-state index is -4.56. The molecule has 0 spiro atoms. The van der Waals surface area contributed by atoms with E-state index in [1.165, 1.54) is 24.5 Å². The van der Waals surface area contributed by atoms with Gasteiger partial charge in [0.15, 0.2) is 0 Å². The molecule has 2 aromatic heterocycles. The third-order valence-corrected chi connectivity index (χ3v) is 4.32. The highest BCUT2D eigenvalue weighted by molar-refractivity contribution is 5.87. The second-order valence-electron chi connectivity index (χ2n) is 6.35. The van der Waals surface area contributed by atoms with Gasteiger partial charge in [-0.15, -0.1) is 0 Å². The molecule has 156 valence electrons. The predicted molar refractivity (Wildman–Crippen MR) is 100 cm³/mol. The van der Waals surface area contributed by atoms with E-state index in [0.29, 0.717) is 5.69 Å². The Morgan fingerprint density at radius 3 is 2.60 bits per heavy atom. The van der Waals surface area contributed by atoms with Crippen molar-refractivity contribution in [2.45, 2.75) is 26.1 Å². The highest BCUT2D eigenvalue weighted by atomic mass is 19.4. The van der Waals surface area contributed by atoms with Gasteiger partial charge in [-0.05, 0) is 30.7 Å². The number of aromatic carboxylic acids is 1. The number of halogens is 3. The summed E-state index contributed by atoms with van der Waals surface area (Å²) in [5.41, 5.74) is -1.65. The molecule has 1 N–H and O–H groups in total. The van der Waals surface area contributed by atoms with Crippen LogP contribution in [-0.2, 0) is 19.1 Å². The number of aromatic nitrogens is 3. The van der Waals surface area contributed by atoms with Crippen LogP contribution in [0.25, 0.3) is 0 Å². The zero-order chi connectivity index (χ0) is 21.9. The van der Waals surface area contributed by atoms with E-state index in [2.05, 4.69) is 15.4 Å². The van der Waals surface area contributed by atoms with Gasteiger partial charge in [-0.2, -0.15) is 18.3 Å². The van der Waals surface area contributed by atoms with Crippen molar-refractivity contribution in [2.75, 3.05) is 5.32 Å². The average Bonchev–Trinajstić information content (AvgIpc) is 2.71. The van der Waals surface area contributed by atoms with Gasteiger partial charge in [0.05, 0.1) is 23.4 Å². The van der Waals surface area contributed by atoms with Crippen molar-refractivity contribution in [1.82, 2.24) is 14.8 Å². The second kappa shape index (κ2) is 8.36. The molecular weight excluding hydrogens is 401 g/mol. The molecule has 3 aromatic rings. The van der Waals surface area contributed by atoms with Gasteiger partial charge in [-0.3, -0.25) is 9.78 Å². The summed E-state index contributed by atoms with van der Waals surface area (Å²) in [6.07, 6.45) is -1.91. The normalized spacial score (nSPS) is 11.3. The van der Waals surface area contributed by atoms with E-state index in [1.807, 2.05) is 0 Å². The second-order valence-corrected chi connectivity index (χ2v) is 6.35. The highest BCUT2D eigenvalue weighted by Gasteiger charge is 2.30. The zero-order valence-electron chi connectivity index (χ0n) is 15.7. The van der Waals surface area contributed by atoms with Crippen molar-refractivity contribution in [1.29, 1.82) is 0 Å². The Morgan fingerprint density at radius 1 is 1.23 bits per heavy atom. The molecule has 0 radical (unpaired) electrons. The summed E-state index contributed by atoms with van der Waals surface area (Å²) in [7, 11) is 0. The number of nitrogens with one attached hydrogen (secondary N) is 1. The van der Waals surface area contributed by atoms with Crippen molar-refractivity contribution in [3.8, 4) is 0 Å². The predicted octanol–water partition coefficient (Wildman–Crippen LogP) is 2.37. The van der Waals surface area contributed by atoms with Crippen LogP contribution < -0.4 is 16.0 Å². The van der Waals surface area contributed by atoms with Gasteiger partial charge in [-0.25, -0.2) is 4.68 Å². The molecule has 0 aliphatic rings. The number of carboxylic acid groups (broad SMARTS) is 1. The Morgan fingerprint density at radius 2 is 2.00 bits per heavy atom. The van der Waals surface area contributed by atoms with Crippen molar-refractivity contribution in [3.63, 3.8) is 0 Å². The SMILES string of the molecule is CCn1nc(C(=O)[O-])c(Cc2cccc(C(F)(F)F)c2)c(Nc2cccnc2)c1=O. The number of benzene rings is 1. The first kappa shape index (κ1) is 21.0. The Bertz CT molecular complexity index is 1130. The van der Waals surface area contributed by atoms with Crippen LogP contribution in [-0.4, -0.2) is 20.7 Å². The first-order chi connectivity index (χ1) is 14.2. The summed E-state index contributed by atoms with van der Waals surface area (Å²) in [5, 5.41) is 18.4. The van der Waals surface area contributed by atoms with Gasteiger partial charge in [0.1, 0.15) is 11.4 Å². The van der Waals surface area contributed by atoms with Gasteiger partial charge in [-0.1, -0.05) is 18.2 Å². The lowest BCUT2D eigenvalue weighted by atomic mass is 10.00. The van der Waals surface area contributed by atoms with E-state index in [1.54, 1.807) is 19.1 Å². The van der Waals surface area contributed by atoms with E-state index in [4.69, 9.17) is 0 Å². The molecule has 3 rings (SSSR count). The topological polar surface area (TPSA) is 99.9 Å². The molecule has 1 aromatic carbocycles. The lowest BCUT2D eigenvalue weighted by Gasteiger charge is -2.18. The summed E-state index contributed by atoms with van der Waals surface area (Å²) in [6, 6.07) is 7.65. The molecule has 2 heterocycles. The quantitative estimate of drug-likeness (QED) is 0.661. The molecule has 30 heavy (non-hydrogen) atoms. The van der Waals surface area contributed by atoms with E-state index >= 15 is 0 Å². The van der Waals surface area contributed by atoms with Crippen LogP contribution in [0.15, 0.2) is 53.6 Å². The van der Waals surface area contributed by atoms with E-state index in [9.17, 15) is 27.9 Å². The maximum absolute atomic E-state index is 13.1. The monoisotopic (exact) mass is 417 g/mol. The fourth-order valence-electron chi connectivity index (χ4n) is 2.93. The number of carboxylic acids is 1. The Balaban J connectivity index is 2.17. The molecule has 0 unspecified atom stereocenters. The zero-order valence-corrected chi connectivity index (χ0v) is 15.7. The smallest absolute Gasteiger partial charge is 0.416 e. The first-order valence-corrected chi connectivity index (χ1v) is 8.89. The summed E-state index contributed by atoms with van der Waals surface area (Å²) in [5.74, 6) is -1.64. The molecule has 0 aliphatic carbocycles. The third kappa shape index (κ3) is 4.48. The Kier molecular flexibility index (Phi) is 5.86. The standard InChI is InChI=1S/C20H17F3N4O3/c1-2-27-18(28)16(25-14-7-4-8-24-11-14)15(17(26-27)19(29)30)10-12-5-3-6-13(9-12)20(21,22)23/h3-9,11,25H,2,10H2,1H3,(H,29,30)/p-1. The first-order valence-electron chi connectivity index (χ1n) is 8.89. The van der Waals surface area contributed by atoms with Gasteiger partial charge >= 0.3 is 6.18 Å². The van der Waals surface area contributed by atoms with E-state index in [0.717, 1.165) is 16.8 Å². The van der Waals surface area contributed by atoms with Crippen LogP contribution in [0.3, 0.4) is 0 Å². The van der Waals surface area contributed by atoms with Crippen LogP contribution in [0.5, 0.6) is 0 Å². The number of anilines is 2. The minimum absolute atomic E-state index is 0.0760. The largest absolute Gasteiger partial charge is 0.543 e. The number of hydrogen-bond acceptors (Lipinski definition) is 6. The number of hydrogen-bond donors (Lipinski definition) is 1. The molecule has 0 amide bonds. The van der Waals surface area contributed by atoms with Crippen LogP contribution in [0.4, 0.5) is 24.5 Å². The molecule has 0 bridgehead atoms. The summed E-state index contributed by atoms with van der Waals surface area (Å²) < 4.78 is 40.1. The van der Waals surface area contributed by atoms with Crippen LogP contribution in [0.2, 0.25) is 0 Å². The van der Waals surface area contributed by atoms with Crippen molar-refractivity contribution in [2.24, 2.45) is 0 Å². The van der Waals surface area contributed by atoms with Crippen molar-refractivity contribution < 1.29 is 23.1 Å². The van der Waals surface area contributed by atoms with Crippen LogP contribution in [0.1, 0.15) is 34.1 Å². The maximum Gasteiger partial charge on any atom is 0.416 e. The van der Waals surface area contributed by atoms with Gasteiger partial charge < -0.3 is 15.2 Å². The molecule has 0 saturated carbocycles. The van der Waals surface area contributed by atoms with Crippen LogP contribution >= 0.6 is 0 Å². The van der Waals surface area contributed by atoms with E-state index in [-0.39, 0.29) is 29.8 Å². The lowest BCUT2D eigenvalue weighted by Crippen LogP contribution is -2.34. The number of alkyl halides is 3. The third-order valence-electron chi connectivity index (χ3n) is 4.32. The summed E-state index contributed by atoms with van der Waals surface area (Å²) >= 11 is 0. The molecule has 7 nitrogen and oxygen atoms in total. The Labute approximate surface area is 168 Å². The lowest BCUT2D eigenvalue weighted by molar-refractivity contribution is -0.255. The fraction of sp³-hybridized carbons (Fsp3) is 0.200. The number of pyridine rings is 1. The van der Waals surface area contributed by atoms with Gasteiger partial charge in [0.25, 0.3) is 5.56 Å². The maximum atomic E-state index is 13.1. The minimum Gasteiger partial charge on any atom is -0.543 e. The van der Waals surface area contributed by atoms with Crippen molar-refractivity contribution in [3.05, 3.63) is 81.5 Å². The van der Waals surface area contributed by atoms with Crippen LogP contribution in [0, 0.1) is 0 Å². The Hall–Kier alpha value is -3.69. The number of rotatable bonds is 6. The fourth-order valence-corrected chi connectivity index (χ4v) is 2.93. The number of aryl methyl sites for hydroxylation is 1. The average molecular weight is 417 g/mol. The van der Waals surface area contributed by atoms with Crippen molar-refractivity contribution >= 4 is 17.3 Å². The molecule has 0 aliphatic heterocycles. The van der Waals surface area contributed by atoms with E-state index < -0.39 is 29.0 Å².